The minimum absolute atomic E-state index is 0.327. The molecule has 0 saturated heterocycles. The minimum atomic E-state index is 0.327. The molecule has 1 unspecified atom stereocenters. The molecule has 5 heteroatoms. The molecular formula is C19H26ClN3O. The number of halogens is 1. The standard InChI is InChI=1S/C19H26ClN3O/c1-4-5-6-15-11-23(3)12-16(13-24)18(15)22-19(21-2)14-7-9-17(20)10-8-14/h7-10,13,15H,4-6,11-12H2,1-3H3,(H,21,22). The Morgan fingerprint density at radius 1 is 1.42 bits per heavy atom. The lowest BCUT2D eigenvalue weighted by molar-refractivity contribution is -0.105. The zero-order valence-corrected chi connectivity index (χ0v) is 15.4. The molecule has 0 amide bonds. The van der Waals surface area contributed by atoms with E-state index in [1.54, 1.807) is 7.05 Å². The van der Waals surface area contributed by atoms with Crippen molar-refractivity contribution < 1.29 is 4.79 Å². The minimum Gasteiger partial charge on any atom is -0.343 e. The summed E-state index contributed by atoms with van der Waals surface area (Å²) in [5.74, 6) is 1.10. The first-order chi connectivity index (χ1) is 11.6. The number of nitrogens with zero attached hydrogens (tertiary/aromatic N) is 2. The van der Waals surface area contributed by atoms with Crippen molar-refractivity contribution in [3.63, 3.8) is 0 Å². The second-order valence-corrected chi connectivity index (χ2v) is 6.73. The SMILES string of the molecule is CCCCC1CN(C)CC(C=O)=C1NC(=NC)c1ccc(Cl)cc1. The lowest BCUT2D eigenvalue weighted by atomic mass is 9.91. The number of likely N-dealkylation sites (N-methyl/N-ethyl adjacent to an activating group) is 1. The first kappa shape index (κ1) is 18.7. The predicted molar refractivity (Wildman–Crippen MR) is 101 cm³/mol. The zero-order valence-electron chi connectivity index (χ0n) is 14.7. The summed E-state index contributed by atoms with van der Waals surface area (Å²) in [6, 6.07) is 7.58. The first-order valence-electron chi connectivity index (χ1n) is 8.45. The molecule has 0 saturated carbocycles. The highest BCUT2D eigenvalue weighted by Crippen LogP contribution is 2.25. The number of benzene rings is 1. The Bertz CT molecular complexity index is 622. The van der Waals surface area contributed by atoms with Gasteiger partial charge in [0.25, 0.3) is 0 Å². The van der Waals surface area contributed by atoms with Crippen LogP contribution in [-0.4, -0.2) is 44.2 Å². The number of carbonyl (C=O) groups is 1. The van der Waals surface area contributed by atoms with E-state index in [2.05, 4.69) is 29.2 Å². The highest BCUT2D eigenvalue weighted by molar-refractivity contribution is 6.30. The van der Waals surface area contributed by atoms with Gasteiger partial charge in [-0.3, -0.25) is 9.79 Å². The van der Waals surface area contributed by atoms with Gasteiger partial charge in [0.05, 0.1) is 0 Å². The van der Waals surface area contributed by atoms with Crippen LogP contribution in [0.2, 0.25) is 5.02 Å². The van der Waals surface area contributed by atoms with Crippen LogP contribution in [0, 0.1) is 5.92 Å². The Hall–Kier alpha value is -1.65. The summed E-state index contributed by atoms with van der Waals surface area (Å²) < 4.78 is 0. The van der Waals surface area contributed by atoms with E-state index in [4.69, 9.17) is 11.6 Å². The quantitative estimate of drug-likeness (QED) is 0.486. The Kier molecular flexibility index (Phi) is 7.00. The van der Waals surface area contributed by atoms with Gasteiger partial charge in [-0.05, 0) is 37.7 Å². The average Bonchev–Trinajstić information content (AvgIpc) is 2.59. The van der Waals surface area contributed by atoms with Crippen LogP contribution in [0.3, 0.4) is 0 Å². The topological polar surface area (TPSA) is 44.7 Å². The Morgan fingerprint density at radius 3 is 2.71 bits per heavy atom. The Morgan fingerprint density at radius 2 is 2.12 bits per heavy atom. The van der Waals surface area contributed by atoms with Crippen LogP contribution < -0.4 is 5.32 Å². The summed E-state index contributed by atoms with van der Waals surface area (Å²) in [4.78, 5) is 18.2. The van der Waals surface area contributed by atoms with Gasteiger partial charge in [0.1, 0.15) is 12.1 Å². The van der Waals surface area contributed by atoms with E-state index in [0.717, 1.165) is 54.8 Å². The highest BCUT2D eigenvalue weighted by Gasteiger charge is 2.26. The van der Waals surface area contributed by atoms with Crippen LogP contribution in [0.15, 0.2) is 40.5 Å². The van der Waals surface area contributed by atoms with Gasteiger partial charge in [-0.2, -0.15) is 0 Å². The maximum atomic E-state index is 11.6. The van der Waals surface area contributed by atoms with Gasteiger partial charge in [-0.1, -0.05) is 31.4 Å². The largest absolute Gasteiger partial charge is 0.343 e. The molecule has 4 nitrogen and oxygen atoms in total. The fourth-order valence-electron chi connectivity index (χ4n) is 3.13. The van der Waals surface area contributed by atoms with Crippen molar-refractivity contribution in [2.45, 2.75) is 26.2 Å². The molecule has 0 fully saturated rings. The molecule has 0 aliphatic carbocycles. The van der Waals surface area contributed by atoms with E-state index in [1.165, 1.54) is 0 Å². The number of hydrogen-bond donors (Lipinski definition) is 1. The highest BCUT2D eigenvalue weighted by atomic mass is 35.5. The summed E-state index contributed by atoms with van der Waals surface area (Å²) in [6.45, 7) is 3.82. The van der Waals surface area contributed by atoms with Crippen LogP contribution in [0.25, 0.3) is 0 Å². The molecule has 0 bridgehead atoms. The van der Waals surface area contributed by atoms with Crippen LogP contribution in [0.5, 0.6) is 0 Å². The van der Waals surface area contributed by atoms with Crippen LogP contribution in [0.4, 0.5) is 0 Å². The lowest BCUT2D eigenvalue weighted by Gasteiger charge is -2.33. The van der Waals surface area contributed by atoms with Gasteiger partial charge in [0.2, 0.25) is 0 Å². The van der Waals surface area contributed by atoms with E-state index in [0.29, 0.717) is 17.5 Å². The number of rotatable bonds is 6. The molecule has 0 aromatic heterocycles. The van der Waals surface area contributed by atoms with Crippen molar-refractivity contribution in [2.75, 3.05) is 27.2 Å². The summed E-state index contributed by atoms with van der Waals surface area (Å²) in [5.41, 5.74) is 2.81. The van der Waals surface area contributed by atoms with E-state index < -0.39 is 0 Å². The fourth-order valence-corrected chi connectivity index (χ4v) is 3.26. The number of hydrogen-bond acceptors (Lipinski definition) is 3. The lowest BCUT2D eigenvalue weighted by Crippen LogP contribution is -2.41. The van der Waals surface area contributed by atoms with Gasteiger partial charge in [0.15, 0.2) is 0 Å². The third-order valence-corrected chi connectivity index (χ3v) is 4.62. The number of unbranched alkanes of at least 4 members (excludes halogenated alkanes) is 1. The Balaban J connectivity index is 2.29. The van der Waals surface area contributed by atoms with Crippen LogP contribution in [-0.2, 0) is 4.79 Å². The summed E-state index contributed by atoms with van der Waals surface area (Å²) in [7, 11) is 3.82. The molecule has 130 valence electrons. The predicted octanol–water partition coefficient (Wildman–Crippen LogP) is 3.51. The molecule has 1 aromatic rings. The molecule has 1 heterocycles. The number of aliphatic imine (C=N–C) groups is 1. The van der Waals surface area contributed by atoms with Gasteiger partial charge in [0, 0.05) is 47.9 Å². The number of nitrogens with one attached hydrogen (secondary N) is 1. The van der Waals surface area contributed by atoms with E-state index in [1.807, 2.05) is 24.3 Å². The van der Waals surface area contributed by atoms with Crippen LogP contribution >= 0.6 is 11.6 Å². The number of carbonyl (C=O) groups excluding carboxylic acids is 1. The number of aldehydes is 1. The third kappa shape index (κ3) is 4.68. The van der Waals surface area contributed by atoms with Crippen molar-refractivity contribution in [3.05, 3.63) is 46.1 Å². The monoisotopic (exact) mass is 347 g/mol. The van der Waals surface area contributed by atoms with Gasteiger partial charge in [-0.25, -0.2) is 0 Å². The Labute approximate surface area is 149 Å². The van der Waals surface area contributed by atoms with Gasteiger partial charge < -0.3 is 10.2 Å². The van der Waals surface area contributed by atoms with Gasteiger partial charge >= 0.3 is 0 Å². The molecule has 0 radical (unpaired) electrons. The van der Waals surface area contributed by atoms with E-state index in [9.17, 15) is 4.79 Å². The van der Waals surface area contributed by atoms with E-state index >= 15 is 0 Å². The maximum Gasteiger partial charge on any atom is 0.149 e. The first-order valence-corrected chi connectivity index (χ1v) is 8.83. The molecule has 1 atom stereocenters. The summed E-state index contributed by atoms with van der Waals surface area (Å²) in [5, 5.41) is 4.15. The molecule has 0 spiro atoms. The summed E-state index contributed by atoms with van der Waals surface area (Å²) in [6.07, 6.45) is 4.34. The molecule has 1 N–H and O–H groups in total. The van der Waals surface area contributed by atoms with Crippen molar-refractivity contribution >= 4 is 23.7 Å². The average molecular weight is 348 g/mol. The molecule has 1 aromatic carbocycles. The second kappa shape index (κ2) is 9.00. The van der Waals surface area contributed by atoms with Crippen molar-refractivity contribution in [2.24, 2.45) is 10.9 Å². The third-order valence-electron chi connectivity index (χ3n) is 4.37. The second-order valence-electron chi connectivity index (χ2n) is 6.30. The normalized spacial score (nSPS) is 19.5. The molecule has 24 heavy (non-hydrogen) atoms. The van der Waals surface area contributed by atoms with Crippen molar-refractivity contribution in [1.82, 2.24) is 10.2 Å². The van der Waals surface area contributed by atoms with Crippen molar-refractivity contribution in [1.29, 1.82) is 0 Å². The van der Waals surface area contributed by atoms with Crippen LogP contribution in [0.1, 0.15) is 31.7 Å². The molecular weight excluding hydrogens is 322 g/mol. The smallest absolute Gasteiger partial charge is 0.149 e. The van der Waals surface area contributed by atoms with Crippen molar-refractivity contribution in [3.8, 4) is 0 Å². The fraction of sp³-hybridized carbons (Fsp3) is 0.474. The maximum absolute atomic E-state index is 11.6. The van der Waals surface area contributed by atoms with E-state index in [-0.39, 0.29) is 0 Å². The zero-order chi connectivity index (χ0) is 17.5. The summed E-state index contributed by atoms with van der Waals surface area (Å²) >= 11 is 5.97. The molecule has 2 rings (SSSR count). The number of amidine groups is 1. The van der Waals surface area contributed by atoms with Gasteiger partial charge in [-0.15, -0.1) is 0 Å². The molecule has 1 aliphatic rings. The molecule has 1 aliphatic heterocycles.